The Kier molecular flexibility index (Phi) is 3.73. The van der Waals surface area contributed by atoms with Crippen molar-refractivity contribution in [3.05, 3.63) is 46.1 Å². The van der Waals surface area contributed by atoms with E-state index in [1.807, 2.05) is 10.8 Å². The lowest BCUT2D eigenvalue weighted by molar-refractivity contribution is -0.384. The zero-order valence-electron chi connectivity index (χ0n) is 9.28. The lowest BCUT2D eigenvalue weighted by Crippen LogP contribution is -2.10. The number of anilines is 1. The van der Waals surface area contributed by atoms with Crippen LogP contribution in [0.1, 0.15) is 0 Å². The lowest BCUT2D eigenvalue weighted by atomic mass is 10.4. The fraction of sp³-hybridized carbons (Fsp3) is 0.200. The van der Waals surface area contributed by atoms with Crippen LogP contribution in [0.2, 0.25) is 5.15 Å². The standard InChI is InChI=1S/C10H10ClN5O2/c11-9-5-8(16(17)18)6-10(14-9)13-2-4-15-3-1-12-7-15/h1,3,5-7H,2,4H2,(H,13,14). The predicted octanol–water partition coefficient (Wildman–Crippen LogP) is 1.95. The first kappa shape index (κ1) is 12.3. The van der Waals surface area contributed by atoms with E-state index in [4.69, 9.17) is 11.6 Å². The number of nitrogens with one attached hydrogen (secondary N) is 1. The van der Waals surface area contributed by atoms with Crippen LogP contribution in [-0.4, -0.2) is 26.0 Å². The molecule has 0 fully saturated rings. The first-order valence-corrected chi connectivity index (χ1v) is 5.54. The van der Waals surface area contributed by atoms with Crippen LogP contribution in [0.5, 0.6) is 0 Å². The molecule has 2 rings (SSSR count). The van der Waals surface area contributed by atoms with Gasteiger partial charge < -0.3 is 9.88 Å². The first-order chi connectivity index (χ1) is 8.65. The second-order valence-electron chi connectivity index (χ2n) is 3.52. The monoisotopic (exact) mass is 267 g/mol. The van der Waals surface area contributed by atoms with E-state index in [0.717, 1.165) is 0 Å². The number of imidazole rings is 1. The number of nitrogens with zero attached hydrogens (tertiary/aromatic N) is 4. The summed E-state index contributed by atoms with van der Waals surface area (Å²) in [6.07, 6.45) is 5.20. The maximum absolute atomic E-state index is 10.6. The summed E-state index contributed by atoms with van der Waals surface area (Å²) in [6, 6.07) is 2.56. The highest BCUT2D eigenvalue weighted by atomic mass is 35.5. The van der Waals surface area contributed by atoms with E-state index in [0.29, 0.717) is 18.9 Å². The van der Waals surface area contributed by atoms with E-state index in [9.17, 15) is 10.1 Å². The van der Waals surface area contributed by atoms with Gasteiger partial charge in [-0.2, -0.15) is 0 Å². The highest BCUT2D eigenvalue weighted by molar-refractivity contribution is 6.29. The highest BCUT2D eigenvalue weighted by Crippen LogP contribution is 2.20. The second kappa shape index (κ2) is 5.46. The molecule has 0 atom stereocenters. The van der Waals surface area contributed by atoms with Crippen molar-refractivity contribution < 1.29 is 4.92 Å². The number of pyridine rings is 1. The van der Waals surface area contributed by atoms with Crippen molar-refractivity contribution in [1.29, 1.82) is 0 Å². The molecule has 0 bridgehead atoms. The zero-order chi connectivity index (χ0) is 13.0. The van der Waals surface area contributed by atoms with Gasteiger partial charge in [-0.3, -0.25) is 10.1 Å². The number of rotatable bonds is 5. The van der Waals surface area contributed by atoms with Crippen molar-refractivity contribution >= 4 is 23.1 Å². The van der Waals surface area contributed by atoms with Crippen LogP contribution in [0.4, 0.5) is 11.5 Å². The van der Waals surface area contributed by atoms with Crippen LogP contribution in [0.3, 0.4) is 0 Å². The van der Waals surface area contributed by atoms with Crippen LogP contribution in [0, 0.1) is 10.1 Å². The van der Waals surface area contributed by atoms with Crippen LogP contribution in [0.25, 0.3) is 0 Å². The minimum Gasteiger partial charge on any atom is -0.368 e. The molecule has 1 N–H and O–H groups in total. The van der Waals surface area contributed by atoms with Crippen molar-refractivity contribution in [1.82, 2.24) is 14.5 Å². The third kappa shape index (κ3) is 3.17. The lowest BCUT2D eigenvalue weighted by Gasteiger charge is -2.06. The summed E-state index contributed by atoms with van der Waals surface area (Å²) < 4.78 is 1.88. The van der Waals surface area contributed by atoms with Gasteiger partial charge in [-0.25, -0.2) is 9.97 Å². The van der Waals surface area contributed by atoms with Crippen LogP contribution < -0.4 is 5.32 Å². The number of aromatic nitrogens is 3. The maximum atomic E-state index is 10.6. The molecule has 0 saturated carbocycles. The molecule has 7 nitrogen and oxygen atoms in total. The minimum absolute atomic E-state index is 0.0832. The Balaban J connectivity index is 1.98. The summed E-state index contributed by atoms with van der Waals surface area (Å²) in [5.74, 6) is 0.384. The molecule has 0 unspecified atom stereocenters. The summed E-state index contributed by atoms with van der Waals surface area (Å²) in [6.45, 7) is 1.25. The SMILES string of the molecule is O=[N+]([O-])c1cc(Cl)nc(NCCn2ccnc2)c1. The van der Waals surface area contributed by atoms with Gasteiger partial charge in [0.05, 0.1) is 23.4 Å². The predicted molar refractivity (Wildman–Crippen MR) is 66.6 cm³/mol. The number of nitro groups is 1. The van der Waals surface area contributed by atoms with Gasteiger partial charge >= 0.3 is 0 Å². The molecule has 0 saturated heterocycles. The summed E-state index contributed by atoms with van der Waals surface area (Å²) in [7, 11) is 0. The van der Waals surface area contributed by atoms with Crippen molar-refractivity contribution in [3.63, 3.8) is 0 Å². The molecule has 0 aliphatic carbocycles. The average molecular weight is 268 g/mol. The van der Waals surface area contributed by atoms with Crippen LogP contribution in [-0.2, 0) is 6.54 Å². The van der Waals surface area contributed by atoms with Crippen molar-refractivity contribution in [3.8, 4) is 0 Å². The van der Waals surface area contributed by atoms with E-state index in [1.165, 1.54) is 12.1 Å². The van der Waals surface area contributed by atoms with Gasteiger partial charge in [0.15, 0.2) is 0 Å². The fourth-order valence-electron chi connectivity index (χ4n) is 1.41. The number of halogens is 1. The molecule has 2 aromatic heterocycles. The molecule has 18 heavy (non-hydrogen) atoms. The third-order valence-corrected chi connectivity index (χ3v) is 2.42. The van der Waals surface area contributed by atoms with Gasteiger partial charge in [-0.15, -0.1) is 0 Å². The number of hydrogen-bond acceptors (Lipinski definition) is 5. The minimum atomic E-state index is -0.505. The van der Waals surface area contributed by atoms with Gasteiger partial charge in [0.2, 0.25) is 0 Å². The van der Waals surface area contributed by atoms with E-state index in [2.05, 4.69) is 15.3 Å². The summed E-state index contributed by atoms with van der Waals surface area (Å²) in [5.41, 5.74) is -0.0832. The van der Waals surface area contributed by atoms with E-state index < -0.39 is 4.92 Å². The summed E-state index contributed by atoms with van der Waals surface area (Å²) in [4.78, 5) is 18.0. The molecule has 0 aliphatic heterocycles. The van der Waals surface area contributed by atoms with Gasteiger partial charge in [-0.1, -0.05) is 11.6 Å². The molecule has 2 aromatic rings. The second-order valence-corrected chi connectivity index (χ2v) is 3.90. The zero-order valence-corrected chi connectivity index (χ0v) is 10.0. The normalized spacial score (nSPS) is 10.3. The van der Waals surface area contributed by atoms with E-state index >= 15 is 0 Å². The van der Waals surface area contributed by atoms with E-state index in [1.54, 1.807) is 12.5 Å². The van der Waals surface area contributed by atoms with Crippen molar-refractivity contribution in [2.75, 3.05) is 11.9 Å². The average Bonchev–Trinajstić information content (AvgIpc) is 2.81. The van der Waals surface area contributed by atoms with Gasteiger partial charge in [0.25, 0.3) is 5.69 Å². The van der Waals surface area contributed by atoms with Crippen molar-refractivity contribution in [2.45, 2.75) is 6.54 Å². The third-order valence-electron chi connectivity index (χ3n) is 2.22. The molecule has 8 heteroatoms. The molecule has 2 heterocycles. The molecule has 0 spiro atoms. The van der Waals surface area contributed by atoms with Crippen LogP contribution >= 0.6 is 11.6 Å². The topological polar surface area (TPSA) is 85.9 Å². The van der Waals surface area contributed by atoms with Crippen molar-refractivity contribution in [2.24, 2.45) is 0 Å². The van der Waals surface area contributed by atoms with E-state index in [-0.39, 0.29) is 10.8 Å². The molecule has 0 aromatic carbocycles. The highest BCUT2D eigenvalue weighted by Gasteiger charge is 2.09. The molecule has 0 aliphatic rings. The quantitative estimate of drug-likeness (QED) is 0.508. The molecule has 0 amide bonds. The molecular formula is C10H10ClN5O2. The smallest absolute Gasteiger partial charge is 0.276 e. The van der Waals surface area contributed by atoms with Gasteiger partial charge in [0.1, 0.15) is 11.0 Å². The molecule has 0 radical (unpaired) electrons. The Labute approximate surface area is 108 Å². The fourth-order valence-corrected chi connectivity index (χ4v) is 1.61. The Bertz CT molecular complexity index is 543. The molecular weight excluding hydrogens is 258 g/mol. The van der Waals surface area contributed by atoms with Crippen LogP contribution in [0.15, 0.2) is 30.9 Å². The Morgan fingerprint density at radius 2 is 2.33 bits per heavy atom. The Hall–Kier alpha value is -2.15. The Morgan fingerprint density at radius 1 is 1.50 bits per heavy atom. The summed E-state index contributed by atoms with van der Waals surface area (Å²) in [5, 5.41) is 13.7. The maximum Gasteiger partial charge on any atom is 0.276 e. The Morgan fingerprint density at radius 3 is 3.00 bits per heavy atom. The largest absolute Gasteiger partial charge is 0.368 e. The summed E-state index contributed by atoms with van der Waals surface area (Å²) >= 11 is 5.70. The number of hydrogen-bond donors (Lipinski definition) is 1. The first-order valence-electron chi connectivity index (χ1n) is 5.17. The molecule has 94 valence electrons. The van der Waals surface area contributed by atoms with Gasteiger partial charge in [0, 0.05) is 25.5 Å². The van der Waals surface area contributed by atoms with Gasteiger partial charge in [-0.05, 0) is 0 Å².